The Morgan fingerprint density at radius 2 is 1.80 bits per heavy atom. The van der Waals surface area contributed by atoms with E-state index < -0.39 is 37.3 Å². The summed E-state index contributed by atoms with van der Waals surface area (Å²) in [5.41, 5.74) is 1.72. The molecule has 2 aliphatic heterocycles. The van der Waals surface area contributed by atoms with Crippen LogP contribution >= 0.6 is 0 Å². The number of ether oxygens (including phenoxy) is 2. The van der Waals surface area contributed by atoms with Gasteiger partial charge in [-0.2, -0.15) is 0 Å². The van der Waals surface area contributed by atoms with E-state index in [2.05, 4.69) is 39.1 Å². The Morgan fingerprint density at radius 1 is 1.02 bits per heavy atom. The molecule has 6 aliphatic rings. The zero-order chi connectivity index (χ0) is 29.3. The minimum absolute atomic E-state index is 0.106. The Kier molecular flexibility index (Phi) is 8.47. The van der Waals surface area contributed by atoms with Gasteiger partial charge in [-0.05, 0) is 111 Å². The first-order valence-electron chi connectivity index (χ1n) is 16.5. The third-order valence-corrected chi connectivity index (χ3v) is 13.2. The van der Waals surface area contributed by atoms with Crippen molar-refractivity contribution in [2.75, 3.05) is 13.2 Å². The van der Waals surface area contributed by atoms with E-state index in [9.17, 15) is 25.5 Å². The molecule has 0 unspecified atom stereocenters. The molecule has 2 saturated heterocycles. The fourth-order valence-electron chi connectivity index (χ4n) is 10.8. The molecule has 0 aromatic carbocycles. The van der Waals surface area contributed by atoms with Crippen LogP contribution in [0.5, 0.6) is 0 Å². The molecule has 5 fully saturated rings. The van der Waals surface area contributed by atoms with Gasteiger partial charge in [-0.3, -0.25) is 0 Å². The van der Waals surface area contributed by atoms with Gasteiger partial charge in [0.25, 0.3) is 0 Å². The van der Waals surface area contributed by atoms with Crippen molar-refractivity contribution in [1.29, 1.82) is 0 Å². The summed E-state index contributed by atoms with van der Waals surface area (Å²) < 4.78 is 11.8. The first-order chi connectivity index (χ1) is 19.5. The third-order valence-electron chi connectivity index (χ3n) is 13.2. The maximum absolute atomic E-state index is 11.6. The SMILES string of the molecule is C[C@H]1CC[C@H]([C@@H](C)[C@H]2[C@H](O)C[C@H]3[C@@H]4CC=C5C[C@@H](O[C@@H]6O[C@H](CO)[C@@H](O)[C@H](O)[C@H]6O)CC[C@]5(C)[C@H]4CC[C@]23C)NC1. The average Bonchev–Trinajstić information content (AvgIpc) is 3.23. The van der Waals surface area contributed by atoms with Gasteiger partial charge in [0.15, 0.2) is 6.29 Å². The lowest BCUT2D eigenvalue weighted by Crippen LogP contribution is -2.60. The fourth-order valence-corrected chi connectivity index (χ4v) is 10.8. The zero-order valence-corrected chi connectivity index (χ0v) is 25.5. The quantitative estimate of drug-likeness (QED) is 0.275. The van der Waals surface area contributed by atoms with Gasteiger partial charge < -0.3 is 40.3 Å². The van der Waals surface area contributed by atoms with Gasteiger partial charge in [0.2, 0.25) is 0 Å². The molecule has 234 valence electrons. The molecular weight excluding hydrogens is 522 g/mol. The van der Waals surface area contributed by atoms with Crippen molar-refractivity contribution in [1.82, 2.24) is 5.32 Å². The summed E-state index contributed by atoms with van der Waals surface area (Å²) in [7, 11) is 0. The van der Waals surface area contributed by atoms with Crippen LogP contribution in [0.4, 0.5) is 0 Å². The lowest BCUT2D eigenvalue weighted by Gasteiger charge is -2.58. The molecule has 3 saturated carbocycles. The summed E-state index contributed by atoms with van der Waals surface area (Å²) in [4.78, 5) is 0. The highest BCUT2D eigenvalue weighted by Crippen LogP contribution is 2.67. The normalized spacial score (nSPS) is 54.5. The highest BCUT2D eigenvalue weighted by Gasteiger charge is 2.62. The number of hydrogen-bond acceptors (Lipinski definition) is 8. The molecule has 0 amide bonds. The minimum Gasteiger partial charge on any atom is -0.394 e. The Bertz CT molecular complexity index is 967. The highest BCUT2D eigenvalue weighted by atomic mass is 16.7. The van der Waals surface area contributed by atoms with E-state index in [1.165, 1.54) is 31.3 Å². The van der Waals surface area contributed by atoms with E-state index in [0.717, 1.165) is 44.6 Å². The van der Waals surface area contributed by atoms with Crippen LogP contribution in [0.1, 0.15) is 85.5 Å². The van der Waals surface area contributed by atoms with E-state index in [-0.39, 0.29) is 23.0 Å². The van der Waals surface area contributed by atoms with Crippen LogP contribution in [-0.2, 0) is 9.47 Å². The van der Waals surface area contributed by atoms with Gasteiger partial charge in [-0.1, -0.05) is 39.3 Å². The zero-order valence-electron chi connectivity index (χ0n) is 25.5. The Balaban J connectivity index is 1.15. The number of aliphatic hydroxyl groups is 5. The van der Waals surface area contributed by atoms with Gasteiger partial charge >= 0.3 is 0 Å². The first kappa shape index (κ1) is 30.4. The van der Waals surface area contributed by atoms with Gasteiger partial charge in [0.1, 0.15) is 24.4 Å². The lowest BCUT2D eigenvalue weighted by atomic mass is 9.47. The van der Waals surface area contributed by atoms with Crippen molar-refractivity contribution in [3.63, 3.8) is 0 Å². The topological polar surface area (TPSA) is 132 Å². The maximum Gasteiger partial charge on any atom is 0.186 e. The number of hydrogen-bond donors (Lipinski definition) is 6. The Hall–Kier alpha value is -0.580. The number of rotatable bonds is 5. The van der Waals surface area contributed by atoms with E-state index in [1.807, 2.05) is 0 Å². The predicted octanol–water partition coefficient (Wildman–Crippen LogP) is 2.75. The standard InChI is InChI=1S/C33H55NO7/c1-17-5-8-24(34-15-17)18(2)27-25(36)14-23-21-7-6-19-13-20(9-11-32(19,3)22(21)10-12-33(23,27)4)40-31-30(39)29(38)28(37)26(16-35)41-31/h6,17-18,20-31,34-39H,5,7-16H2,1-4H3/t17-,18+,20-,21+,22-,23-,24+,25+,26+,27-,28+,29-,30+,31+,32-,33-/m0/s1. The summed E-state index contributed by atoms with van der Waals surface area (Å²) in [5, 5.41) is 55.8. The molecule has 6 N–H and O–H groups in total. The predicted molar refractivity (Wildman–Crippen MR) is 155 cm³/mol. The minimum atomic E-state index is -1.42. The van der Waals surface area contributed by atoms with Crippen molar-refractivity contribution in [2.45, 2.75) is 134 Å². The maximum atomic E-state index is 11.6. The van der Waals surface area contributed by atoms with Crippen molar-refractivity contribution >= 4 is 0 Å². The lowest BCUT2D eigenvalue weighted by molar-refractivity contribution is -0.313. The van der Waals surface area contributed by atoms with Gasteiger partial charge in [0, 0.05) is 6.04 Å². The van der Waals surface area contributed by atoms with Crippen LogP contribution in [0.25, 0.3) is 0 Å². The number of aliphatic hydroxyl groups excluding tert-OH is 5. The van der Waals surface area contributed by atoms with E-state index >= 15 is 0 Å². The second kappa shape index (κ2) is 11.4. The van der Waals surface area contributed by atoms with E-state index in [4.69, 9.17) is 9.47 Å². The molecule has 0 aromatic heterocycles. The molecule has 0 aromatic rings. The van der Waals surface area contributed by atoms with Crippen LogP contribution < -0.4 is 5.32 Å². The Labute approximate surface area is 245 Å². The summed E-state index contributed by atoms with van der Waals surface area (Å²) >= 11 is 0. The monoisotopic (exact) mass is 577 g/mol. The van der Waals surface area contributed by atoms with E-state index in [1.54, 1.807) is 0 Å². The molecule has 6 rings (SSSR count). The van der Waals surface area contributed by atoms with Crippen LogP contribution in [-0.4, -0.2) is 87.6 Å². The molecule has 0 spiro atoms. The van der Waals surface area contributed by atoms with Crippen molar-refractivity contribution in [3.05, 3.63) is 11.6 Å². The highest BCUT2D eigenvalue weighted by molar-refractivity contribution is 5.26. The molecular formula is C33H55NO7. The Morgan fingerprint density at radius 3 is 2.51 bits per heavy atom. The molecule has 2 heterocycles. The van der Waals surface area contributed by atoms with Crippen molar-refractivity contribution < 1.29 is 35.0 Å². The second-order valence-corrected chi connectivity index (χ2v) is 15.4. The largest absolute Gasteiger partial charge is 0.394 e. The fraction of sp³-hybridized carbons (Fsp3) is 0.939. The summed E-state index contributed by atoms with van der Waals surface area (Å²) in [6.07, 6.45) is 5.37. The number of nitrogens with one attached hydrogen (secondary N) is 1. The molecule has 41 heavy (non-hydrogen) atoms. The van der Waals surface area contributed by atoms with E-state index in [0.29, 0.717) is 35.6 Å². The van der Waals surface area contributed by atoms with Crippen molar-refractivity contribution in [2.24, 2.45) is 46.3 Å². The third kappa shape index (κ3) is 5.06. The summed E-state index contributed by atoms with van der Waals surface area (Å²) in [6, 6.07) is 0.508. The number of allylic oxidation sites excluding steroid dienone is 1. The molecule has 0 bridgehead atoms. The molecule has 4 aliphatic carbocycles. The van der Waals surface area contributed by atoms with Crippen LogP contribution in [0.3, 0.4) is 0 Å². The second-order valence-electron chi connectivity index (χ2n) is 15.4. The van der Waals surface area contributed by atoms with Crippen LogP contribution in [0.2, 0.25) is 0 Å². The summed E-state index contributed by atoms with van der Waals surface area (Å²) in [6.45, 7) is 10.3. The molecule has 8 heteroatoms. The van der Waals surface area contributed by atoms with Crippen molar-refractivity contribution in [3.8, 4) is 0 Å². The number of piperidine rings is 1. The first-order valence-corrected chi connectivity index (χ1v) is 16.5. The average molecular weight is 578 g/mol. The van der Waals surface area contributed by atoms with Gasteiger partial charge in [-0.25, -0.2) is 0 Å². The molecule has 8 nitrogen and oxygen atoms in total. The molecule has 16 atom stereocenters. The summed E-state index contributed by atoms with van der Waals surface area (Å²) in [5.74, 6) is 3.31. The van der Waals surface area contributed by atoms with Gasteiger partial charge in [0.05, 0.1) is 18.8 Å². The van der Waals surface area contributed by atoms with Crippen LogP contribution in [0, 0.1) is 46.3 Å². The van der Waals surface area contributed by atoms with Crippen LogP contribution in [0.15, 0.2) is 11.6 Å². The van der Waals surface area contributed by atoms with Gasteiger partial charge in [-0.15, -0.1) is 0 Å². The molecule has 0 radical (unpaired) electrons. The smallest absolute Gasteiger partial charge is 0.186 e. The number of fused-ring (bicyclic) bond motifs is 5.